The smallest absolute Gasteiger partial charge is 0.265 e. The van der Waals surface area contributed by atoms with Crippen molar-refractivity contribution in [3.63, 3.8) is 0 Å². The van der Waals surface area contributed by atoms with Gasteiger partial charge < -0.3 is 4.90 Å². The first-order chi connectivity index (χ1) is 10.6. The van der Waals surface area contributed by atoms with Crippen LogP contribution in [0.1, 0.15) is 40.2 Å². The molecule has 1 aromatic carbocycles. The molecule has 3 nitrogen and oxygen atoms in total. The Morgan fingerprint density at radius 3 is 2.64 bits per heavy atom. The summed E-state index contributed by atoms with van der Waals surface area (Å²) < 4.78 is 14.1. The predicted molar refractivity (Wildman–Crippen MR) is 86.7 cm³/mol. The van der Waals surface area contributed by atoms with Gasteiger partial charge in [-0.25, -0.2) is 9.37 Å². The van der Waals surface area contributed by atoms with Crippen LogP contribution in [-0.2, 0) is 0 Å². The van der Waals surface area contributed by atoms with Crippen molar-refractivity contribution in [3.05, 3.63) is 40.2 Å². The van der Waals surface area contributed by atoms with Crippen LogP contribution in [0.3, 0.4) is 0 Å². The number of aromatic nitrogens is 1. The van der Waals surface area contributed by atoms with Crippen LogP contribution in [0.5, 0.6) is 0 Å². The zero-order chi connectivity index (χ0) is 15.7. The van der Waals surface area contributed by atoms with Gasteiger partial charge in [0.2, 0.25) is 0 Å². The van der Waals surface area contributed by atoms with E-state index in [1.165, 1.54) is 23.8 Å². The van der Waals surface area contributed by atoms with E-state index in [9.17, 15) is 9.18 Å². The summed E-state index contributed by atoms with van der Waals surface area (Å²) in [4.78, 5) is 19.5. The van der Waals surface area contributed by atoms with Crippen molar-refractivity contribution in [1.29, 1.82) is 0 Å². The van der Waals surface area contributed by atoms with E-state index in [-0.39, 0.29) is 11.7 Å². The Kier molecular flexibility index (Phi) is 4.25. The number of likely N-dealkylation sites (tertiary alicyclic amines) is 1. The maximum atomic E-state index is 14.1. The second-order valence-corrected chi connectivity index (χ2v) is 6.77. The summed E-state index contributed by atoms with van der Waals surface area (Å²) in [6.45, 7) is 5.29. The van der Waals surface area contributed by atoms with Gasteiger partial charge in [0.1, 0.15) is 15.7 Å². The fourth-order valence-electron chi connectivity index (χ4n) is 2.74. The topological polar surface area (TPSA) is 33.2 Å². The Bertz CT molecular complexity index is 705. The van der Waals surface area contributed by atoms with Gasteiger partial charge in [0.25, 0.3) is 5.91 Å². The number of aryl methyl sites for hydroxylation is 2. The summed E-state index contributed by atoms with van der Waals surface area (Å²) in [5.74, 6) is -0.251. The normalized spacial score (nSPS) is 15.1. The second kappa shape index (κ2) is 6.16. The zero-order valence-electron chi connectivity index (χ0n) is 12.9. The third kappa shape index (κ3) is 2.90. The highest BCUT2D eigenvalue weighted by molar-refractivity contribution is 7.17. The highest BCUT2D eigenvalue weighted by atomic mass is 32.1. The highest BCUT2D eigenvalue weighted by Gasteiger charge is 2.23. The third-order valence-corrected chi connectivity index (χ3v) is 5.17. The van der Waals surface area contributed by atoms with Crippen LogP contribution in [0.15, 0.2) is 18.2 Å². The summed E-state index contributed by atoms with van der Waals surface area (Å²) >= 11 is 1.29. The SMILES string of the molecule is Cc1ccc(-c2nc(C)c(C(=O)N3CCCCC3)s2)c(F)c1. The molecule has 2 heterocycles. The van der Waals surface area contributed by atoms with Gasteiger partial charge in [-0.1, -0.05) is 6.07 Å². The number of carbonyl (C=O) groups is 1. The molecule has 1 aliphatic heterocycles. The van der Waals surface area contributed by atoms with Gasteiger partial charge in [-0.3, -0.25) is 4.79 Å². The van der Waals surface area contributed by atoms with Crippen molar-refractivity contribution >= 4 is 17.2 Å². The number of benzene rings is 1. The van der Waals surface area contributed by atoms with E-state index in [0.29, 0.717) is 21.1 Å². The van der Waals surface area contributed by atoms with Gasteiger partial charge in [0, 0.05) is 18.7 Å². The zero-order valence-corrected chi connectivity index (χ0v) is 13.7. The van der Waals surface area contributed by atoms with Crippen molar-refractivity contribution in [3.8, 4) is 10.6 Å². The lowest BCUT2D eigenvalue weighted by Crippen LogP contribution is -2.35. The molecule has 0 atom stereocenters. The fraction of sp³-hybridized carbons (Fsp3) is 0.412. The lowest BCUT2D eigenvalue weighted by molar-refractivity contribution is 0.0728. The van der Waals surface area contributed by atoms with Gasteiger partial charge in [0.15, 0.2) is 0 Å². The standard InChI is InChI=1S/C17H19FN2OS/c1-11-6-7-13(14(18)10-11)16-19-12(2)15(22-16)17(21)20-8-4-3-5-9-20/h6-7,10H,3-5,8-9H2,1-2H3. The number of nitrogens with zero attached hydrogens (tertiary/aromatic N) is 2. The Labute approximate surface area is 133 Å². The van der Waals surface area contributed by atoms with Crippen molar-refractivity contribution in [2.24, 2.45) is 0 Å². The third-order valence-electron chi connectivity index (χ3n) is 3.99. The Hall–Kier alpha value is -1.75. The van der Waals surface area contributed by atoms with Crippen LogP contribution < -0.4 is 0 Å². The minimum absolute atomic E-state index is 0.0356. The van der Waals surface area contributed by atoms with E-state index in [2.05, 4.69) is 4.98 Å². The molecule has 116 valence electrons. The van der Waals surface area contributed by atoms with E-state index in [1.54, 1.807) is 6.07 Å². The second-order valence-electron chi connectivity index (χ2n) is 5.77. The van der Waals surface area contributed by atoms with Crippen LogP contribution in [-0.4, -0.2) is 28.9 Å². The molecule has 1 aromatic heterocycles. The number of rotatable bonds is 2. The van der Waals surface area contributed by atoms with Gasteiger partial charge >= 0.3 is 0 Å². The van der Waals surface area contributed by atoms with Crippen molar-refractivity contribution in [2.75, 3.05) is 13.1 Å². The van der Waals surface area contributed by atoms with Crippen LogP contribution in [0.4, 0.5) is 4.39 Å². The molecule has 0 bridgehead atoms. The van der Waals surface area contributed by atoms with Crippen molar-refractivity contribution in [1.82, 2.24) is 9.88 Å². The van der Waals surface area contributed by atoms with Gasteiger partial charge in [-0.05, 0) is 50.8 Å². The van der Waals surface area contributed by atoms with Crippen LogP contribution in [0, 0.1) is 19.7 Å². The van der Waals surface area contributed by atoms with Crippen molar-refractivity contribution in [2.45, 2.75) is 33.1 Å². The van der Waals surface area contributed by atoms with Crippen LogP contribution in [0.2, 0.25) is 0 Å². The molecule has 0 N–H and O–H groups in total. The summed E-state index contributed by atoms with van der Waals surface area (Å²) in [6, 6.07) is 5.09. The number of halogens is 1. The van der Waals surface area contributed by atoms with E-state index >= 15 is 0 Å². The lowest BCUT2D eigenvalue weighted by atomic mass is 10.1. The van der Waals surface area contributed by atoms with Gasteiger partial charge in [0.05, 0.1) is 5.69 Å². The first-order valence-corrected chi connectivity index (χ1v) is 8.41. The molecule has 1 amide bonds. The number of hydrogen-bond donors (Lipinski definition) is 0. The maximum absolute atomic E-state index is 14.1. The summed E-state index contributed by atoms with van der Waals surface area (Å²) in [5.41, 5.74) is 2.03. The van der Waals surface area contributed by atoms with E-state index in [4.69, 9.17) is 0 Å². The number of thiazole rings is 1. The number of amides is 1. The molecule has 0 saturated carbocycles. The number of piperidine rings is 1. The molecule has 5 heteroatoms. The first-order valence-electron chi connectivity index (χ1n) is 7.59. The molecule has 0 unspecified atom stereocenters. The monoisotopic (exact) mass is 318 g/mol. The van der Waals surface area contributed by atoms with Crippen molar-refractivity contribution < 1.29 is 9.18 Å². The molecule has 1 fully saturated rings. The molecular formula is C17H19FN2OS. The molecule has 1 aliphatic rings. The minimum Gasteiger partial charge on any atom is -0.338 e. The molecule has 0 aliphatic carbocycles. The summed E-state index contributed by atoms with van der Waals surface area (Å²) in [5, 5.41) is 0.579. The van der Waals surface area contributed by atoms with Gasteiger partial charge in [-0.2, -0.15) is 0 Å². The Morgan fingerprint density at radius 2 is 1.95 bits per heavy atom. The average Bonchev–Trinajstić information content (AvgIpc) is 2.89. The van der Waals surface area contributed by atoms with E-state index in [0.717, 1.165) is 31.5 Å². The lowest BCUT2D eigenvalue weighted by Gasteiger charge is -2.26. The fourth-order valence-corrected chi connectivity index (χ4v) is 3.81. The Morgan fingerprint density at radius 1 is 1.23 bits per heavy atom. The molecule has 0 radical (unpaired) electrons. The average molecular weight is 318 g/mol. The minimum atomic E-state index is -0.286. The molecule has 2 aromatic rings. The largest absolute Gasteiger partial charge is 0.338 e. The summed E-state index contributed by atoms with van der Waals surface area (Å²) in [7, 11) is 0. The number of carbonyl (C=O) groups excluding carboxylic acids is 1. The van der Waals surface area contributed by atoms with Crippen LogP contribution >= 0.6 is 11.3 Å². The van der Waals surface area contributed by atoms with Gasteiger partial charge in [-0.15, -0.1) is 11.3 Å². The van der Waals surface area contributed by atoms with E-state index in [1.807, 2.05) is 24.8 Å². The Balaban J connectivity index is 1.91. The molecule has 3 rings (SSSR count). The molecule has 0 spiro atoms. The highest BCUT2D eigenvalue weighted by Crippen LogP contribution is 2.31. The molecule has 1 saturated heterocycles. The quantitative estimate of drug-likeness (QED) is 0.832. The number of hydrogen-bond acceptors (Lipinski definition) is 3. The molecule has 22 heavy (non-hydrogen) atoms. The predicted octanol–water partition coefficient (Wildman–Crippen LogP) is 4.19. The molecular weight excluding hydrogens is 299 g/mol. The van der Waals surface area contributed by atoms with Crippen LogP contribution in [0.25, 0.3) is 10.6 Å². The van der Waals surface area contributed by atoms with E-state index < -0.39 is 0 Å². The first kappa shape index (κ1) is 15.2. The summed E-state index contributed by atoms with van der Waals surface area (Å²) in [6.07, 6.45) is 3.30. The maximum Gasteiger partial charge on any atom is 0.265 e.